The number of aliphatic hydroxyl groups is 1. The smallest absolute Gasteiger partial charge is 0.261 e. The predicted octanol–water partition coefficient (Wildman–Crippen LogP) is 3.27. The number of sulfonamides is 1. The molecule has 0 bridgehead atoms. The van der Waals surface area contributed by atoms with Gasteiger partial charge in [0, 0.05) is 5.56 Å². The van der Waals surface area contributed by atoms with Crippen LogP contribution in [0.1, 0.15) is 25.0 Å². The Hall–Kier alpha value is -2.29. The van der Waals surface area contributed by atoms with E-state index in [1.165, 1.54) is 12.1 Å². The Labute approximate surface area is 143 Å². The Balaban J connectivity index is 2.48. The average molecular weight is 343 g/mol. The molecule has 0 spiro atoms. The molecular formula is C19H21NO3S. The number of aryl methyl sites for hydroxylation is 1. The second-order valence-corrected chi connectivity index (χ2v) is 7.71. The lowest BCUT2D eigenvalue weighted by atomic mass is 9.83. The summed E-state index contributed by atoms with van der Waals surface area (Å²) < 4.78 is 27.7. The van der Waals surface area contributed by atoms with E-state index in [0.717, 1.165) is 5.56 Å². The molecule has 0 fully saturated rings. The van der Waals surface area contributed by atoms with E-state index in [9.17, 15) is 13.5 Å². The Bertz CT molecular complexity index is 864. The van der Waals surface area contributed by atoms with Gasteiger partial charge in [0.15, 0.2) is 5.60 Å². The maximum atomic E-state index is 12.6. The van der Waals surface area contributed by atoms with E-state index < -0.39 is 15.6 Å². The molecule has 0 aromatic heterocycles. The minimum atomic E-state index is -3.78. The minimum Gasteiger partial charge on any atom is -0.373 e. The van der Waals surface area contributed by atoms with Gasteiger partial charge in [0.1, 0.15) is 0 Å². The van der Waals surface area contributed by atoms with Crippen LogP contribution >= 0.6 is 0 Å². The zero-order chi connectivity index (χ0) is 18.0. The number of terminal acetylenes is 1. The number of nitrogens with one attached hydrogen (secondary N) is 1. The second kappa shape index (κ2) is 6.68. The Morgan fingerprint density at radius 2 is 1.71 bits per heavy atom. The highest BCUT2D eigenvalue weighted by atomic mass is 32.2. The van der Waals surface area contributed by atoms with Crippen LogP contribution < -0.4 is 4.72 Å². The number of rotatable bonds is 5. The Kier molecular flexibility index (Phi) is 5.02. The molecule has 5 heteroatoms. The molecule has 1 unspecified atom stereocenters. The molecule has 4 nitrogen and oxygen atoms in total. The monoisotopic (exact) mass is 343 g/mol. The second-order valence-electron chi connectivity index (χ2n) is 6.03. The first-order valence-corrected chi connectivity index (χ1v) is 9.08. The summed E-state index contributed by atoms with van der Waals surface area (Å²) >= 11 is 0. The van der Waals surface area contributed by atoms with Crippen molar-refractivity contribution in [3.05, 3.63) is 59.7 Å². The molecule has 2 aromatic rings. The maximum absolute atomic E-state index is 12.6. The first-order chi connectivity index (χ1) is 11.2. The molecule has 0 aliphatic carbocycles. The van der Waals surface area contributed by atoms with Gasteiger partial charge < -0.3 is 5.11 Å². The van der Waals surface area contributed by atoms with Crippen molar-refractivity contribution in [3.8, 4) is 12.3 Å². The van der Waals surface area contributed by atoms with Gasteiger partial charge in [-0.2, -0.15) is 0 Å². The van der Waals surface area contributed by atoms with Crippen molar-refractivity contribution in [2.24, 2.45) is 5.92 Å². The summed E-state index contributed by atoms with van der Waals surface area (Å²) in [6.45, 7) is 5.45. The van der Waals surface area contributed by atoms with Crippen LogP contribution in [0.25, 0.3) is 0 Å². The fourth-order valence-electron chi connectivity index (χ4n) is 2.38. The van der Waals surface area contributed by atoms with E-state index in [0.29, 0.717) is 5.56 Å². The molecule has 2 N–H and O–H groups in total. The number of anilines is 1. The maximum Gasteiger partial charge on any atom is 0.261 e. The summed E-state index contributed by atoms with van der Waals surface area (Å²) in [5.74, 6) is 2.10. The molecule has 0 radical (unpaired) electrons. The number of para-hydroxylation sites is 1. The molecule has 0 saturated carbocycles. The van der Waals surface area contributed by atoms with Gasteiger partial charge in [-0.05, 0) is 31.0 Å². The van der Waals surface area contributed by atoms with E-state index in [-0.39, 0.29) is 16.5 Å². The number of benzene rings is 2. The van der Waals surface area contributed by atoms with Gasteiger partial charge in [-0.1, -0.05) is 55.7 Å². The van der Waals surface area contributed by atoms with E-state index >= 15 is 0 Å². The average Bonchev–Trinajstić information content (AvgIpc) is 2.54. The zero-order valence-corrected chi connectivity index (χ0v) is 14.8. The Morgan fingerprint density at radius 3 is 2.25 bits per heavy atom. The van der Waals surface area contributed by atoms with E-state index in [2.05, 4.69) is 10.6 Å². The van der Waals surface area contributed by atoms with Gasteiger partial charge in [-0.3, -0.25) is 4.72 Å². The van der Waals surface area contributed by atoms with Crippen LogP contribution in [-0.4, -0.2) is 13.5 Å². The Morgan fingerprint density at radius 1 is 1.12 bits per heavy atom. The van der Waals surface area contributed by atoms with E-state index in [4.69, 9.17) is 6.42 Å². The normalized spacial score (nSPS) is 14.0. The summed E-state index contributed by atoms with van der Waals surface area (Å²) in [4.78, 5) is 0.150. The molecular weight excluding hydrogens is 322 g/mol. The van der Waals surface area contributed by atoms with Crippen molar-refractivity contribution in [1.29, 1.82) is 0 Å². The van der Waals surface area contributed by atoms with E-state index in [1.54, 1.807) is 50.2 Å². The van der Waals surface area contributed by atoms with Crippen molar-refractivity contribution in [2.75, 3.05) is 4.72 Å². The molecule has 2 rings (SSSR count). The predicted molar refractivity (Wildman–Crippen MR) is 96.0 cm³/mol. The SMILES string of the molecule is C#CC(O)(c1ccccc1NS(=O)(=O)c1ccc(C)cc1)C(C)C. The highest BCUT2D eigenvalue weighted by molar-refractivity contribution is 7.92. The molecule has 24 heavy (non-hydrogen) atoms. The molecule has 2 aromatic carbocycles. The van der Waals surface area contributed by atoms with Gasteiger partial charge >= 0.3 is 0 Å². The summed E-state index contributed by atoms with van der Waals surface area (Å²) in [7, 11) is -3.78. The van der Waals surface area contributed by atoms with Crippen molar-refractivity contribution in [2.45, 2.75) is 31.3 Å². The molecule has 0 aliphatic rings. The molecule has 0 aliphatic heterocycles. The van der Waals surface area contributed by atoms with Gasteiger partial charge in [-0.15, -0.1) is 6.42 Å². The van der Waals surface area contributed by atoms with Crippen LogP contribution in [0.3, 0.4) is 0 Å². The van der Waals surface area contributed by atoms with Gasteiger partial charge in [0.05, 0.1) is 10.6 Å². The van der Waals surface area contributed by atoms with Crippen LogP contribution in [-0.2, 0) is 15.6 Å². The third kappa shape index (κ3) is 3.45. The quantitative estimate of drug-likeness (QED) is 0.819. The fourth-order valence-corrected chi connectivity index (χ4v) is 3.46. The lowest BCUT2D eigenvalue weighted by molar-refractivity contribution is 0.0512. The molecule has 1 atom stereocenters. The molecule has 0 heterocycles. The first kappa shape index (κ1) is 18.1. The topological polar surface area (TPSA) is 66.4 Å². The van der Waals surface area contributed by atoms with E-state index in [1.807, 2.05) is 6.92 Å². The van der Waals surface area contributed by atoms with Crippen LogP contribution in [0, 0.1) is 25.2 Å². The van der Waals surface area contributed by atoms with Crippen molar-refractivity contribution >= 4 is 15.7 Å². The van der Waals surface area contributed by atoms with Crippen molar-refractivity contribution < 1.29 is 13.5 Å². The number of hydrogen-bond acceptors (Lipinski definition) is 3. The van der Waals surface area contributed by atoms with Crippen LogP contribution in [0.4, 0.5) is 5.69 Å². The van der Waals surface area contributed by atoms with Crippen LogP contribution in [0.2, 0.25) is 0 Å². The third-order valence-corrected chi connectivity index (χ3v) is 5.35. The highest BCUT2D eigenvalue weighted by Gasteiger charge is 2.33. The summed E-state index contributed by atoms with van der Waals surface area (Å²) in [6, 6.07) is 13.2. The first-order valence-electron chi connectivity index (χ1n) is 7.60. The molecule has 0 saturated heterocycles. The van der Waals surface area contributed by atoms with Gasteiger partial charge in [-0.25, -0.2) is 8.42 Å². The summed E-state index contributed by atoms with van der Waals surface area (Å²) in [5.41, 5.74) is 0.0353. The highest BCUT2D eigenvalue weighted by Crippen LogP contribution is 2.34. The van der Waals surface area contributed by atoms with Crippen molar-refractivity contribution in [3.63, 3.8) is 0 Å². The largest absolute Gasteiger partial charge is 0.373 e. The third-order valence-electron chi connectivity index (χ3n) is 3.97. The lowest BCUT2D eigenvalue weighted by Gasteiger charge is -2.29. The van der Waals surface area contributed by atoms with Crippen LogP contribution in [0.5, 0.6) is 0 Å². The lowest BCUT2D eigenvalue weighted by Crippen LogP contribution is -2.31. The van der Waals surface area contributed by atoms with Crippen LogP contribution in [0.15, 0.2) is 53.4 Å². The minimum absolute atomic E-state index is 0.150. The number of hydrogen-bond donors (Lipinski definition) is 2. The fraction of sp³-hybridized carbons (Fsp3) is 0.263. The van der Waals surface area contributed by atoms with Gasteiger partial charge in [0.2, 0.25) is 0 Å². The zero-order valence-electron chi connectivity index (χ0n) is 13.9. The molecule has 126 valence electrons. The standard InChI is InChI=1S/C19H21NO3S/c1-5-19(21,14(2)3)17-8-6-7-9-18(17)20-24(22,23)16-12-10-15(4)11-13-16/h1,6-14,20-21H,2-4H3. The van der Waals surface area contributed by atoms with Gasteiger partial charge in [0.25, 0.3) is 10.0 Å². The van der Waals surface area contributed by atoms with Crippen molar-refractivity contribution in [1.82, 2.24) is 0 Å². The summed E-state index contributed by atoms with van der Waals surface area (Å²) in [6.07, 6.45) is 5.52. The molecule has 0 amide bonds. The summed E-state index contributed by atoms with van der Waals surface area (Å²) in [5, 5.41) is 10.8.